The second-order valence-electron chi connectivity index (χ2n) is 4.45. The number of ether oxygens (including phenoxy) is 1. The number of non-ortho nitro benzene ring substituents is 1. The number of benzene rings is 2. The Balaban J connectivity index is 1.91. The number of nitro benzene ring substituents is 1. The Morgan fingerprint density at radius 1 is 1.19 bits per heavy atom. The van der Waals surface area contributed by atoms with E-state index in [2.05, 4.69) is 4.99 Å². The summed E-state index contributed by atoms with van der Waals surface area (Å²) in [5, 5.41) is 10.6. The van der Waals surface area contributed by atoms with Crippen LogP contribution in [-0.4, -0.2) is 24.8 Å². The summed E-state index contributed by atoms with van der Waals surface area (Å²) >= 11 is 0. The second-order valence-corrected chi connectivity index (χ2v) is 4.45. The van der Waals surface area contributed by atoms with E-state index in [1.54, 1.807) is 25.5 Å². The van der Waals surface area contributed by atoms with Crippen molar-refractivity contribution in [2.75, 3.05) is 13.7 Å². The summed E-state index contributed by atoms with van der Waals surface area (Å²) in [6.07, 6.45) is 2.52. The first kappa shape index (κ1) is 14.7. The number of nitro groups is 1. The van der Waals surface area contributed by atoms with Crippen molar-refractivity contribution in [3.05, 3.63) is 69.8 Å². The average molecular weight is 284 g/mol. The Hall–Kier alpha value is -2.69. The zero-order chi connectivity index (χ0) is 15.1. The summed E-state index contributed by atoms with van der Waals surface area (Å²) in [6, 6.07) is 14.2. The van der Waals surface area contributed by atoms with Crippen molar-refractivity contribution in [1.82, 2.24) is 0 Å². The predicted molar refractivity (Wildman–Crippen MR) is 82.3 cm³/mol. The number of para-hydroxylation sites is 1. The fourth-order valence-corrected chi connectivity index (χ4v) is 1.91. The minimum atomic E-state index is -0.399. The average Bonchev–Trinajstić information content (AvgIpc) is 2.52. The Labute approximate surface area is 123 Å². The lowest BCUT2D eigenvalue weighted by molar-refractivity contribution is -0.384. The molecule has 0 saturated heterocycles. The summed E-state index contributed by atoms with van der Waals surface area (Å²) in [5.74, 6) is 0.789. The molecule has 2 rings (SSSR count). The second kappa shape index (κ2) is 7.19. The number of rotatable bonds is 6. The van der Waals surface area contributed by atoms with Crippen LogP contribution >= 0.6 is 0 Å². The van der Waals surface area contributed by atoms with E-state index >= 15 is 0 Å². The molecule has 0 N–H and O–H groups in total. The van der Waals surface area contributed by atoms with Crippen molar-refractivity contribution < 1.29 is 9.66 Å². The van der Waals surface area contributed by atoms with Crippen LogP contribution in [0, 0.1) is 10.1 Å². The molecule has 0 spiro atoms. The molecule has 0 aliphatic heterocycles. The minimum absolute atomic E-state index is 0.108. The highest BCUT2D eigenvalue weighted by Gasteiger charge is 2.03. The van der Waals surface area contributed by atoms with Gasteiger partial charge in [-0.15, -0.1) is 0 Å². The van der Waals surface area contributed by atoms with Crippen LogP contribution in [0.2, 0.25) is 0 Å². The van der Waals surface area contributed by atoms with Crippen LogP contribution in [0.5, 0.6) is 5.75 Å². The number of hydrogen-bond donors (Lipinski definition) is 0. The van der Waals surface area contributed by atoms with E-state index < -0.39 is 4.92 Å². The largest absolute Gasteiger partial charge is 0.496 e. The lowest BCUT2D eigenvalue weighted by atomic mass is 10.1. The van der Waals surface area contributed by atoms with E-state index in [0.29, 0.717) is 6.54 Å². The van der Waals surface area contributed by atoms with E-state index in [9.17, 15) is 10.1 Å². The Morgan fingerprint density at radius 3 is 2.57 bits per heavy atom. The third kappa shape index (κ3) is 4.14. The van der Waals surface area contributed by atoms with Gasteiger partial charge in [0.25, 0.3) is 5.69 Å². The maximum Gasteiger partial charge on any atom is 0.269 e. The summed E-state index contributed by atoms with van der Waals surface area (Å²) in [4.78, 5) is 14.5. The zero-order valence-corrected chi connectivity index (χ0v) is 11.7. The molecule has 0 heterocycles. The van der Waals surface area contributed by atoms with Gasteiger partial charge < -0.3 is 4.74 Å². The Bertz CT molecular complexity index is 636. The van der Waals surface area contributed by atoms with Crippen molar-refractivity contribution in [2.24, 2.45) is 4.99 Å². The highest BCUT2D eigenvalue weighted by atomic mass is 16.6. The lowest BCUT2D eigenvalue weighted by Crippen LogP contribution is -1.94. The molecule has 5 heteroatoms. The molecule has 0 aromatic heterocycles. The van der Waals surface area contributed by atoms with E-state index in [-0.39, 0.29) is 5.69 Å². The van der Waals surface area contributed by atoms with Gasteiger partial charge in [0.15, 0.2) is 0 Å². The van der Waals surface area contributed by atoms with Gasteiger partial charge in [-0.05, 0) is 24.1 Å². The van der Waals surface area contributed by atoms with Crippen molar-refractivity contribution >= 4 is 11.9 Å². The van der Waals surface area contributed by atoms with Crippen LogP contribution in [-0.2, 0) is 6.42 Å². The van der Waals surface area contributed by atoms with Crippen LogP contribution in [0.1, 0.15) is 11.1 Å². The predicted octanol–water partition coefficient (Wildman–Crippen LogP) is 3.27. The Morgan fingerprint density at radius 2 is 1.90 bits per heavy atom. The van der Waals surface area contributed by atoms with Gasteiger partial charge in [-0.1, -0.05) is 24.3 Å². The maximum atomic E-state index is 10.6. The highest BCUT2D eigenvalue weighted by molar-refractivity contribution is 5.83. The van der Waals surface area contributed by atoms with Gasteiger partial charge in [-0.25, -0.2) is 0 Å². The molecule has 21 heavy (non-hydrogen) atoms. The lowest BCUT2D eigenvalue weighted by Gasteiger charge is -2.03. The summed E-state index contributed by atoms with van der Waals surface area (Å²) in [7, 11) is 1.63. The summed E-state index contributed by atoms with van der Waals surface area (Å²) < 4.78 is 5.24. The van der Waals surface area contributed by atoms with Gasteiger partial charge >= 0.3 is 0 Å². The molecule has 0 radical (unpaired) electrons. The fraction of sp³-hybridized carbons (Fsp3) is 0.188. The van der Waals surface area contributed by atoms with Gasteiger partial charge in [0.2, 0.25) is 0 Å². The normalized spacial score (nSPS) is 10.7. The standard InChI is InChI=1S/C16H16N2O3/c1-21-16-5-3-2-4-14(16)12-17-11-10-13-6-8-15(9-7-13)18(19)20/h2-9,12H,10-11H2,1H3. The van der Waals surface area contributed by atoms with E-state index in [0.717, 1.165) is 23.3 Å². The monoisotopic (exact) mass is 284 g/mol. The SMILES string of the molecule is COc1ccccc1C=NCCc1ccc([N+](=O)[O-])cc1. The molecular weight excluding hydrogens is 268 g/mol. The van der Waals surface area contributed by atoms with Gasteiger partial charge in [-0.3, -0.25) is 15.1 Å². The fourth-order valence-electron chi connectivity index (χ4n) is 1.91. The van der Waals surface area contributed by atoms with Crippen LogP contribution in [0.15, 0.2) is 53.5 Å². The molecule has 2 aromatic carbocycles. The molecule has 108 valence electrons. The minimum Gasteiger partial charge on any atom is -0.496 e. The molecule has 0 aliphatic rings. The molecule has 2 aromatic rings. The highest BCUT2D eigenvalue weighted by Crippen LogP contribution is 2.15. The molecule has 0 unspecified atom stereocenters. The van der Waals surface area contributed by atoms with Crippen LogP contribution < -0.4 is 4.74 Å². The molecule has 0 bridgehead atoms. The summed E-state index contributed by atoms with van der Waals surface area (Å²) in [5.41, 5.74) is 2.07. The number of nitrogens with zero attached hydrogens (tertiary/aromatic N) is 2. The summed E-state index contributed by atoms with van der Waals surface area (Å²) in [6.45, 7) is 0.621. The molecule has 5 nitrogen and oxygen atoms in total. The molecular formula is C16H16N2O3. The third-order valence-corrected chi connectivity index (χ3v) is 3.05. The first-order valence-corrected chi connectivity index (χ1v) is 6.57. The van der Waals surface area contributed by atoms with Gasteiger partial charge in [0.05, 0.1) is 12.0 Å². The Kier molecular flexibility index (Phi) is 5.04. The van der Waals surface area contributed by atoms with Gasteiger partial charge in [-0.2, -0.15) is 0 Å². The number of hydrogen-bond acceptors (Lipinski definition) is 4. The van der Waals surface area contributed by atoms with Crippen molar-refractivity contribution in [3.63, 3.8) is 0 Å². The van der Waals surface area contributed by atoms with Crippen LogP contribution in [0.3, 0.4) is 0 Å². The molecule has 0 saturated carbocycles. The van der Waals surface area contributed by atoms with Crippen molar-refractivity contribution in [3.8, 4) is 5.75 Å². The maximum absolute atomic E-state index is 10.6. The smallest absolute Gasteiger partial charge is 0.269 e. The molecule has 0 aliphatic carbocycles. The van der Waals surface area contributed by atoms with Crippen molar-refractivity contribution in [2.45, 2.75) is 6.42 Å². The van der Waals surface area contributed by atoms with Gasteiger partial charge in [0, 0.05) is 30.5 Å². The first-order valence-electron chi connectivity index (χ1n) is 6.57. The van der Waals surface area contributed by atoms with Crippen LogP contribution in [0.25, 0.3) is 0 Å². The number of methoxy groups -OCH3 is 1. The molecule has 0 atom stereocenters. The van der Waals surface area contributed by atoms with E-state index in [1.807, 2.05) is 24.3 Å². The quantitative estimate of drug-likeness (QED) is 0.464. The van der Waals surface area contributed by atoms with Crippen LogP contribution in [0.4, 0.5) is 5.69 Å². The topological polar surface area (TPSA) is 64.7 Å². The first-order chi connectivity index (χ1) is 10.2. The number of aliphatic imine (C=N–C) groups is 1. The third-order valence-electron chi connectivity index (χ3n) is 3.05. The molecule has 0 fully saturated rings. The van der Waals surface area contributed by atoms with E-state index in [4.69, 9.17) is 4.74 Å². The van der Waals surface area contributed by atoms with Crippen molar-refractivity contribution in [1.29, 1.82) is 0 Å². The van der Waals surface area contributed by atoms with Gasteiger partial charge in [0.1, 0.15) is 5.75 Å². The van der Waals surface area contributed by atoms with E-state index in [1.165, 1.54) is 12.1 Å². The zero-order valence-electron chi connectivity index (χ0n) is 11.7. The molecule has 0 amide bonds.